The molecule has 5 nitrogen and oxygen atoms in total. The van der Waals surface area contributed by atoms with Gasteiger partial charge in [-0.2, -0.15) is 5.10 Å². The molecule has 1 N–H and O–H groups in total. The topological polar surface area (TPSA) is 54.2 Å². The van der Waals surface area contributed by atoms with E-state index in [1.54, 1.807) is 0 Å². The molecular weight excluding hydrogens is 264 g/mol. The van der Waals surface area contributed by atoms with Gasteiger partial charge >= 0.3 is 0 Å². The first-order valence-electron chi connectivity index (χ1n) is 7.44. The molecule has 0 unspecified atom stereocenters. The fourth-order valence-electron chi connectivity index (χ4n) is 3.08. The summed E-state index contributed by atoms with van der Waals surface area (Å²) in [5.74, 6) is 0. The highest BCUT2D eigenvalue weighted by Crippen LogP contribution is 2.23. The number of aliphatic hydroxyl groups is 1. The zero-order valence-corrected chi connectivity index (χ0v) is 12.6. The van der Waals surface area contributed by atoms with E-state index in [-0.39, 0.29) is 12.1 Å². The quantitative estimate of drug-likeness (QED) is 0.920. The summed E-state index contributed by atoms with van der Waals surface area (Å²) in [7, 11) is 1.92. The highest BCUT2D eigenvalue weighted by Gasteiger charge is 2.33. The summed E-state index contributed by atoms with van der Waals surface area (Å²) in [6, 6.07) is 6.26. The van der Waals surface area contributed by atoms with Crippen LogP contribution in [-0.2, 0) is 20.0 Å². The summed E-state index contributed by atoms with van der Waals surface area (Å²) in [6.07, 6.45) is 5.30. The number of pyridine rings is 1. The van der Waals surface area contributed by atoms with Crippen LogP contribution in [0, 0.1) is 6.92 Å². The van der Waals surface area contributed by atoms with Crippen LogP contribution >= 0.6 is 0 Å². The van der Waals surface area contributed by atoms with E-state index in [1.807, 2.05) is 43.2 Å². The Morgan fingerprint density at radius 3 is 2.95 bits per heavy atom. The fraction of sp³-hybridized carbons (Fsp3) is 0.500. The second-order valence-electron chi connectivity index (χ2n) is 5.89. The maximum absolute atomic E-state index is 10.3. The molecule has 3 heterocycles. The average molecular weight is 286 g/mol. The lowest BCUT2D eigenvalue weighted by Crippen LogP contribution is -2.36. The standard InChI is InChI=1S/C16H22N4O/c1-12-4-3-5-14(18-12)11-20-7-6-16(21)15(20)8-13-9-17-19(2)10-13/h3-5,9-10,15-16,21H,6-8,11H2,1-2H3/t15-,16-/m1/s1. The summed E-state index contributed by atoms with van der Waals surface area (Å²) in [5, 5.41) is 14.5. The molecule has 2 atom stereocenters. The molecule has 1 aliphatic heterocycles. The van der Waals surface area contributed by atoms with E-state index in [1.165, 1.54) is 5.56 Å². The largest absolute Gasteiger partial charge is 0.391 e. The van der Waals surface area contributed by atoms with Crippen LogP contribution in [0.3, 0.4) is 0 Å². The van der Waals surface area contributed by atoms with Gasteiger partial charge in [-0.05, 0) is 37.5 Å². The molecule has 2 aromatic heterocycles. The number of hydrogen-bond acceptors (Lipinski definition) is 4. The van der Waals surface area contributed by atoms with E-state index in [4.69, 9.17) is 0 Å². The lowest BCUT2D eigenvalue weighted by Gasteiger charge is -2.25. The first-order valence-corrected chi connectivity index (χ1v) is 7.44. The molecule has 112 valence electrons. The van der Waals surface area contributed by atoms with Crippen LogP contribution in [0.4, 0.5) is 0 Å². The van der Waals surface area contributed by atoms with Crippen LogP contribution in [0.1, 0.15) is 23.4 Å². The minimum absolute atomic E-state index is 0.150. The molecule has 0 amide bonds. The third-order valence-corrected chi connectivity index (χ3v) is 4.14. The van der Waals surface area contributed by atoms with E-state index < -0.39 is 0 Å². The van der Waals surface area contributed by atoms with Crippen LogP contribution in [0.25, 0.3) is 0 Å². The smallest absolute Gasteiger partial charge is 0.0711 e. The predicted octanol–water partition coefficient (Wildman–Crippen LogP) is 1.30. The minimum atomic E-state index is -0.269. The molecule has 1 saturated heterocycles. The van der Waals surface area contributed by atoms with Crippen LogP contribution in [0.2, 0.25) is 0 Å². The van der Waals surface area contributed by atoms with E-state index in [0.29, 0.717) is 0 Å². The number of hydrogen-bond donors (Lipinski definition) is 1. The van der Waals surface area contributed by atoms with E-state index in [0.717, 1.165) is 37.3 Å². The zero-order valence-electron chi connectivity index (χ0n) is 12.6. The molecule has 3 rings (SSSR count). The van der Waals surface area contributed by atoms with Crippen molar-refractivity contribution in [1.29, 1.82) is 0 Å². The highest BCUT2D eigenvalue weighted by atomic mass is 16.3. The van der Waals surface area contributed by atoms with Crippen molar-refractivity contribution in [2.45, 2.75) is 38.5 Å². The average Bonchev–Trinajstić information content (AvgIpc) is 3.00. The molecule has 0 aromatic carbocycles. The first kappa shape index (κ1) is 14.2. The lowest BCUT2D eigenvalue weighted by molar-refractivity contribution is 0.112. The highest BCUT2D eigenvalue weighted by molar-refractivity contribution is 5.12. The van der Waals surface area contributed by atoms with Gasteiger partial charge in [-0.25, -0.2) is 0 Å². The van der Waals surface area contributed by atoms with Crippen LogP contribution < -0.4 is 0 Å². The molecular formula is C16H22N4O. The van der Waals surface area contributed by atoms with Crippen molar-refractivity contribution in [2.24, 2.45) is 7.05 Å². The van der Waals surface area contributed by atoms with Gasteiger partial charge in [0.25, 0.3) is 0 Å². The molecule has 0 spiro atoms. The van der Waals surface area contributed by atoms with Crippen LogP contribution in [0.15, 0.2) is 30.6 Å². The summed E-state index contributed by atoms with van der Waals surface area (Å²) in [6.45, 7) is 3.72. The molecule has 0 saturated carbocycles. The number of aliphatic hydroxyl groups excluding tert-OH is 1. The molecule has 0 bridgehead atoms. The van der Waals surface area contributed by atoms with Gasteiger partial charge in [-0.1, -0.05) is 6.07 Å². The van der Waals surface area contributed by atoms with Gasteiger partial charge in [0, 0.05) is 38.1 Å². The number of aryl methyl sites for hydroxylation is 2. The Morgan fingerprint density at radius 2 is 2.24 bits per heavy atom. The minimum Gasteiger partial charge on any atom is -0.391 e. The van der Waals surface area contributed by atoms with Crippen molar-refractivity contribution >= 4 is 0 Å². The Kier molecular flexibility index (Phi) is 4.03. The van der Waals surface area contributed by atoms with E-state index >= 15 is 0 Å². The van der Waals surface area contributed by atoms with Gasteiger partial charge in [-0.15, -0.1) is 0 Å². The van der Waals surface area contributed by atoms with Crippen molar-refractivity contribution in [2.75, 3.05) is 6.54 Å². The van der Waals surface area contributed by atoms with Gasteiger partial charge in [-0.3, -0.25) is 14.6 Å². The second-order valence-corrected chi connectivity index (χ2v) is 5.89. The van der Waals surface area contributed by atoms with Crippen molar-refractivity contribution in [3.05, 3.63) is 47.5 Å². The SMILES string of the molecule is Cc1cccc(CN2CC[C@@H](O)[C@H]2Cc2cnn(C)c2)n1. The molecule has 1 aliphatic rings. The van der Waals surface area contributed by atoms with E-state index in [2.05, 4.69) is 21.0 Å². The number of nitrogens with zero attached hydrogens (tertiary/aromatic N) is 4. The van der Waals surface area contributed by atoms with Gasteiger partial charge in [0.1, 0.15) is 0 Å². The van der Waals surface area contributed by atoms with Crippen LogP contribution in [0.5, 0.6) is 0 Å². The van der Waals surface area contributed by atoms with Gasteiger partial charge in [0.2, 0.25) is 0 Å². The maximum Gasteiger partial charge on any atom is 0.0711 e. The number of rotatable bonds is 4. The zero-order chi connectivity index (χ0) is 14.8. The summed E-state index contributed by atoms with van der Waals surface area (Å²) in [5.41, 5.74) is 3.28. The summed E-state index contributed by atoms with van der Waals surface area (Å²) in [4.78, 5) is 6.90. The Balaban J connectivity index is 1.71. The first-order chi connectivity index (χ1) is 10.1. The normalized spacial score (nSPS) is 22.8. The van der Waals surface area contributed by atoms with Crippen molar-refractivity contribution in [3.63, 3.8) is 0 Å². The Hall–Kier alpha value is -1.72. The predicted molar refractivity (Wildman–Crippen MR) is 80.7 cm³/mol. The maximum atomic E-state index is 10.3. The van der Waals surface area contributed by atoms with Crippen LogP contribution in [-0.4, -0.2) is 43.5 Å². The third kappa shape index (κ3) is 3.31. The molecule has 2 aromatic rings. The summed E-state index contributed by atoms with van der Waals surface area (Å²) < 4.78 is 1.81. The molecule has 5 heteroatoms. The number of aromatic nitrogens is 3. The Bertz CT molecular complexity index is 610. The molecule has 21 heavy (non-hydrogen) atoms. The molecule has 0 radical (unpaired) electrons. The van der Waals surface area contributed by atoms with Gasteiger partial charge < -0.3 is 5.11 Å². The Morgan fingerprint density at radius 1 is 1.38 bits per heavy atom. The lowest BCUT2D eigenvalue weighted by atomic mass is 10.0. The van der Waals surface area contributed by atoms with Crippen molar-refractivity contribution in [1.82, 2.24) is 19.7 Å². The summed E-state index contributed by atoms with van der Waals surface area (Å²) >= 11 is 0. The number of likely N-dealkylation sites (tertiary alicyclic amines) is 1. The van der Waals surface area contributed by atoms with Gasteiger partial charge in [0.15, 0.2) is 0 Å². The van der Waals surface area contributed by atoms with Crippen molar-refractivity contribution < 1.29 is 5.11 Å². The van der Waals surface area contributed by atoms with Crippen molar-refractivity contribution in [3.8, 4) is 0 Å². The van der Waals surface area contributed by atoms with E-state index in [9.17, 15) is 5.11 Å². The fourth-order valence-corrected chi connectivity index (χ4v) is 3.08. The second kappa shape index (κ2) is 5.95. The third-order valence-electron chi connectivity index (χ3n) is 4.14. The Labute approximate surface area is 125 Å². The molecule has 1 fully saturated rings. The molecule has 0 aliphatic carbocycles. The van der Waals surface area contributed by atoms with Gasteiger partial charge in [0.05, 0.1) is 18.0 Å². The monoisotopic (exact) mass is 286 g/mol.